The molecule has 0 amide bonds. The second-order valence-corrected chi connectivity index (χ2v) is 7.92. The van der Waals surface area contributed by atoms with Gasteiger partial charge in [-0.2, -0.15) is 0 Å². The van der Waals surface area contributed by atoms with Crippen LogP contribution in [0.5, 0.6) is 0 Å². The summed E-state index contributed by atoms with van der Waals surface area (Å²) in [5.74, 6) is 0.327. The number of primary sulfonamides is 1. The van der Waals surface area contributed by atoms with Crippen LogP contribution in [0.4, 0.5) is 4.39 Å². The van der Waals surface area contributed by atoms with Gasteiger partial charge in [0.15, 0.2) is 5.96 Å². The third kappa shape index (κ3) is 6.88. The molecule has 2 aromatic rings. The molecule has 0 radical (unpaired) electrons. The van der Waals surface area contributed by atoms with Gasteiger partial charge in [-0.3, -0.25) is 4.99 Å². The molecule has 0 aliphatic heterocycles. The van der Waals surface area contributed by atoms with Crippen LogP contribution in [0.15, 0.2) is 45.6 Å². The summed E-state index contributed by atoms with van der Waals surface area (Å²) in [6.45, 7) is 0.938. The molecule has 0 fully saturated rings. The Morgan fingerprint density at radius 3 is 2.56 bits per heavy atom. The van der Waals surface area contributed by atoms with Crippen molar-refractivity contribution in [2.24, 2.45) is 10.1 Å². The first-order valence-corrected chi connectivity index (χ1v) is 9.56. The normalized spacial score (nSPS) is 11.7. The molecule has 1 aromatic carbocycles. The van der Waals surface area contributed by atoms with Crippen LogP contribution in [0.1, 0.15) is 10.4 Å². The molecule has 0 saturated heterocycles. The van der Waals surface area contributed by atoms with Gasteiger partial charge >= 0.3 is 0 Å². The molecule has 0 saturated carbocycles. The number of nitrogens with zero attached hydrogens (tertiary/aromatic N) is 1. The highest BCUT2D eigenvalue weighted by molar-refractivity contribution is 14.0. The van der Waals surface area contributed by atoms with Crippen molar-refractivity contribution in [1.82, 2.24) is 10.6 Å². The summed E-state index contributed by atoms with van der Waals surface area (Å²) in [7, 11) is -2.04. The monoisotopic (exact) mass is 498 g/mol. The predicted molar refractivity (Wildman–Crippen MR) is 109 cm³/mol. The fraction of sp³-hybridized carbons (Fsp3) is 0.267. The minimum absolute atomic E-state index is 0. The second-order valence-electron chi connectivity index (χ2n) is 4.96. The predicted octanol–water partition coefficient (Wildman–Crippen LogP) is 2.06. The van der Waals surface area contributed by atoms with Crippen molar-refractivity contribution < 1.29 is 12.8 Å². The Hall–Kier alpha value is -1.24. The minimum atomic E-state index is -3.67. The topological polar surface area (TPSA) is 96.6 Å². The largest absolute Gasteiger partial charge is 0.356 e. The van der Waals surface area contributed by atoms with Crippen LogP contribution < -0.4 is 15.8 Å². The van der Waals surface area contributed by atoms with Crippen LogP contribution >= 0.6 is 35.3 Å². The number of guanidine groups is 1. The van der Waals surface area contributed by atoms with E-state index in [1.165, 1.54) is 12.1 Å². The average Bonchev–Trinajstić information content (AvgIpc) is 3.01. The van der Waals surface area contributed by atoms with Gasteiger partial charge in [0.1, 0.15) is 10.0 Å². The van der Waals surface area contributed by atoms with Crippen LogP contribution in [0.2, 0.25) is 0 Å². The lowest BCUT2D eigenvalue weighted by Gasteiger charge is -2.11. The lowest BCUT2D eigenvalue weighted by atomic mass is 10.1. The number of hydrogen-bond acceptors (Lipinski definition) is 4. The SMILES string of the molecule is CN=C(NCCc1ccccc1F)NCc1ccc(S(N)(=O)=O)s1.I. The molecule has 25 heavy (non-hydrogen) atoms. The highest BCUT2D eigenvalue weighted by atomic mass is 127. The summed E-state index contributed by atoms with van der Waals surface area (Å²) in [6.07, 6.45) is 0.530. The molecular formula is C15H20FIN4O2S2. The molecule has 0 atom stereocenters. The smallest absolute Gasteiger partial charge is 0.247 e. The van der Waals surface area contributed by atoms with Gasteiger partial charge in [-0.25, -0.2) is 17.9 Å². The zero-order chi connectivity index (χ0) is 17.6. The molecule has 0 aliphatic rings. The molecule has 0 bridgehead atoms. The number of benzene rings is 1. The first-order valence-electron chi connectivity index (χ1n) is 7.19. The number of hydrogen-bond donors (Lipinski definition) is 3. The maximum absolute atomic E-state index is 13.5. The third-order valence-corrected chi connectivity index (χ3v) is 5.74. The van der Waals surface area contributed by atoms with Gasteiger partial charge in [0, 0.05) is 18.5 Å². The molecule has 0 spiro atoms. The molecule has 1 heterocycles. The standard InChI is InChI=1S/C15H19FN4O2S2.HI/c1-18-15(19-9-8-11-4-2-3-5-13(11)16)20-10-12-6-7-14(23-12)24(17,21)22;/h2-7H,8-10H2,1H3,(H2,17,21,22)(H2,18,19,20);1H. The van der Waals surface area contributed by atoms with Crippen molar-refractivity contribution in [3.8, 4) is 0 Å². The molecule has 4 N–H and O–H groups in total. The van der Waals surface area contributed by atoms with Crippen LogP contribution in [0.3, 0.4) is 0 Å². The zero-order valence-electron chi connectivity index (χ0n) is 13.5. The summed E-state index contributed by atoms with van der Waals surface area (Å²) in [4.78, 5) is 4.89. The van der Waals surface area contributed by atoms with Gasteiger partial charge in [-0.15, -0.1) is 35.3 Å². The fourth-order valence-electron chi connectivity index (χ4n) is 2.01. The van der Waals surface area contributed by atoms with E-state index in [2.05, 4.69) is 15.6 Å². The lowest BCUT2D eigenvalue weighted by Crippen LogP contribution is -2.37. The number of nitrogens with one attached hydrogen (secondary N) is 2. The van der Waals surface area contributed by atoms with E-state index in [9.17, 15) is 12.8 Å². The van der Waals surface area contributed by atoms with Gasteiger partial charge < -0.3 is 10.6 Å². The molecule has 6 nitrogen and oxygen atoms in total. The van der Waals surface area contributed by atoms with Crippen LogP contribution in [-0.4, -0.2) is 28.0 Å². The number of aliphatic imine (C=N–C) groups is 1. The quantitative estimate of drug-likeness (QED) is 0.323. The van der Waals surface area contributed by atoms with E-state index < -0.39 is 10.0 Å². The highest BCUT2D eigenvalue weighted by Crippen LogP contribution is 2.19. The number of sulfonamides is 1. The Balaban J connectivity index is 0.00000312. The summed E-state index contributed by atoms with van der Waals surface area (Å²) in [5.41, 5.74) is 0.636. The first kappa shape index (κ1) is 21.8. The molecule has 1 aromatic heterocycles. The van der Waals surface area contributed by atoms with Gasteiger partial charge in [0.2, 0.25) is 10.0 Å². The van der Waals surface area contributed by atoms with Crippen LogP contribution in [0.25, 0.3) is 0 Å². The summed E-state index contributed by atoms with van der Waals surface area (Å²) >= 11 is 1.11. The lowest BCUT2D eigenvalue weighted by molar-refractivity contribution is 0.599. The molecular weight excluding hydrogens is 478 g/mol. The second kappa shape index (κ2) is 10.0. The summed E-state index contributed by atoms with van der Waals surface area (Å²) < 4.78 is 36.1. The zero-order valence-corrected chi connectivity index (χ0v) is 17.5. The molecule has 0 aliphatic carbocycles. The third-order valence-electron chi connectivity index (χ3n) is 3.22. The van der Waals surface area contributed by atoms with Crippen molar-refractivity contribution in [3.63, 3.8) is 0 Å². The number of nitrogens with two attached hydrogens (primary N) is 1. The minimum Gasteiger partial charge on any atom is -0.356 e. The maximum Gasteiger partial charge on any atom is 0.247 e. The van der Waals surface area contributed by atoms with E-state index in [0.29, 0.717) is 31.0 Å². The van der Waals surface area contributed by atoms with Gasteiger partial charge in [-0.1, -0.05) is 18.2 Å². The summed E-state index contributed by atoms with van der Waals surface area (Å²) in [5, 5.41) is 11.2. The number of halogens is 2. The maximum atomic E-state index is 13.5. The first-order chi connectivity index (χ1) is 11.4. The van der Waals surface area contributed by atoms with E-state index in [0.717, 1.165) is 16.2 Å². The van der Waals surface area contributed by atoms with Crippen molar-refractivity contribution in [2.75, 3.05) is 13.6 Å². The van der Waals surface area contributed by atoms with E-state index in [4.69, 9.17) is 5.14 Å². The average molecular weight is 498 g/mol. The van der Waals surface area contributed by atoms with E-state index in [1.54, 1.807) is 31.3 Å². The van der Waals surface area contributed by atoms with E-state index in [1.807, 2.05) is 0 Å². The fourth-order valence-corrected chi connectivity index (χ4v) is 3.73. The number of thiophene rings is 1. The van der Waals surface area contributed by atoms with Crippen molar-refractivity contribution in [2.45, 2.75) is 17.2 Å². The Morgan fingerprint density at radius 2 is 1.96 bits per heavy atom. The molecule has 0 unspecified atom stereocenters. The van der Waals surface area contributed by atoms with Gasteiger partial charge in [0.05, 0.1) is 6.54 Å². The Morgan fingerprint density at radius 1 is 1.24 bits per heavy atom. The van der Waals surface area contributed by atoms with Gasteiger partial charge in [-0.05, 0) is 30.2 Å². The van der Waals surface area contributed by atoms with Crippen molar-refractivity contribution >= 4 is 51.3 Å². The molecule has 2 rings (SSSR count). The van der Waals surface area contributed by atoms with Gasteiger partial charge in [0.25, 0.3) is 0 Å². The van der Waals surface area contributed by atoms with Crippen molar-refractivity contribution in [3.05, 3.63) is 52.7 Å². The number of rotatable bonds is 6. The Bertz CT molecular complexity index is 824. The molecule has 10 heteroatoms. The molecule has 138 valence electrons. The summed E-state index contributed by atoms with van der Waals surface area (Å²) in [6, 6.07) is 9.81. The Kier molecular flexibility index (Phi) is 8.76. The van der Waals surface area contributed by atoms with Crippen LogP contribution in [-0.2, 0) is 23.0 Å². The van der Waals surface area contributed by atoms with E-state index >= 15 is 0 Å². The Labute approximate surface area is 167 Å². The van der Waals surface area contributed by atoms with Crippen molar-refractivity contribution in [1.29, 1.82) is 0 Å². The van der Waals surface area contributed by atoms with E-state index in [-0.39, 0.29) is 34.0 Å². The van der Waals surface area contributed by atoms with Crippen LogP contribution in [0, 0.1) is 5.82 Å². The highest BCUT2D eigenvalue weighted by Gasteiger charge is 2.11.